The third kappa shape index (κ3) is 6.76. The van der Waals surface area contributed by atoms with Crippen molar-refractivity contribution >= 4 is 29.3 Å². The molecule has 1 N–H and O–H groups in total. The Bertz CT molecular complexity index is 584. The van der Waals surface area contributed by atoms with Crippen LogP contribution in [0.15, 0.2) is 18.2 Å². The second kappa shape index (κ2) is 8.89. The number of amides is 2. The molecule has 134 valence electrons. The van der Waals surface area contributed by atoms with Gasteiger partial charge in [-0.3, -0.25) is 9.69 Å². The maximum Gasteiger partial charge on any atom is 0.410 e. The second-order valence-electron chi connectivity index (χ2n) is 6.36. The van der Waals surface area contributed by atoms with Gasteiger partial charge in [-0.15, -0.1) is 0 Å². The van der Waals surface area contributed by atoms with E-state index < -0.39 is 11.7 Å². The van der Waals surface area contributed by atoms with Crippen LogP contribution in [0.3, 0.4) is 0 Å². The van der Waals surface area contributed by atoms with Gasteiger partial charge in [0, 0.05) is 24.4 Å². The van der Waals surface area contributed by atoms with E-state index in [9.17, 15) is 9.59 Å². The van der Waals surface area contributed by atoms with E-state index in [4.69, 9.17) is 21.1 Å². The number of anilines is 1. The third-order valence-corrected chi connectivity index (χ3v) is 3.50. The van der Waals surface area contributed by atoms with Gasteiger partial charge in [0.2, 0.25) is 5.91 Å². The number of nitrogens with one attached hydrogen (secondary N) is 1. The molecule has 0 fully saturated rings. The van der Waals surface area contributed by atoms with Gasteiger partial charge in [0.05, 0.1) is 6.61 Å². The molecule has 0 bridgehead atoms. The molecule has 1 aromatic carbocycles. The minimum Gasteiger partial charge on any atom is -0.444 e. The number of nitrogens with zero attached hydrogens (tertiary/aromatic N) is 1. The molecule has 0 aliphatic carbocycles. The number of halogens is 1. The maximum atomic E-state index is 12.3. The van der Waals surface area contributed by atoms with Crippen LogP contribution in [0.25, 0.3) is 0 Å². The van der Waals surface area contributed by atoms with Crippen LogP contribution in [0.1, 0.15) is 26.3 Å². The summed E-state index contributed by atoms with van der Waals surface area (Å²) in [5.41, 5.74) is 0.749. The first kappa shape index (κ1) is 20.3. The Kier molecular flexibility index (Phi) is 7.51. The zero-order chi connectivity index (χ0) is 18.3. The molecule has 0 heterocycles. The molecule has 0 aliphatic rings. The summed E-state index contributed by atoms with van der Waals surface area (Å²) in [4.78, 5) is 25.8. The van der Waals surface area contributed by atoms with E-state index in [1.807, 2.05) is 6.92 Å². The van der Waals surface area contributed by atoms with E-state index in [1.165, 1.54) is 12.0 Å². The SMILES string of the molecule is COCCN(CC(=O)Nc1cccc(Cl)c1C)C(=O)OC(C)(C)C. The van der Waals surface area contributed by atoms with Crippen molar-refractivity contribution in [3.8, 4) is 0 Å². The first-order chi connectivity index (χ1) is 11.1. The molecule has 0 aliphatic heterocycles. The Morgan fingerprint density at radius 1 is 1.29 bits per heavy atom. The summed E-state index contributed by atoms with van der Waals surface area (Å²) >= 11 is 6.04. The van der Waals surface area contributed by atoms with Gasteiger partial charge >= 0.3 is 6.09 Å². The van der Waals surface area contributed by atoms with Crippen LogP contribution in [-0.4, -0.2) is 49.3 Å². The predicted octanol–water partition coefficient (Wildman–Crippen LogP) is 3.47. The van der Waals surface area contributed by atoms with Crippen LogP contribution in [0.4, 0.5) is 10.5 Å². The molecule has 6 nitrogen and oxygen atoms in total. The van der Waals surface area contributed by atoms with E-state index in [1.54, 1.807) is 39.0 Å². The van der Waals surface area contributed by atoms with E-state index >= 15 is 0 Å². The molecule has 0 atom stereocenters. The van der Waals surface area contributed by atoms with Crippen LogP contribution >= 0.6 is 11.6 Å². The Balaban J connectivity index is 2.76. The molecule has 0 unspecified atom stereocenters. The molecule has 7 heteroatoms. The number of ether oxygens (including phenoxy) is 2. The summed E-state index contributed by atoms with van der Waals surface area (Å²) < 4.78 is 10.3. The first-order valence-corrected chi connectivity index (χ1v) is 8.03. The number of methoxy groups -OCH3 is 1. The van der Waals surface area contributed by atoms with Gasteiger partial charge in [0.25, 0.3) is 0 Å². The highest BCUT2D eigenvalue weighted by molar-refractivity contribution is 6.31. The molecule has 0 spiro atoms. The van der Waals surface area contributed by atoms with Crippen molar-refractivity contribution in [1.29, 1.82) is 0 Å². The van der Waals surface area contributed by atoms with E-state index in [0.717, 1.165) is 5.56 Å². The molecule has 2 amide bonds. The fraction of sp³-hybridized carbons (Fsp3) is 0.529. The topological polar surface area (TPSA) is 67.9 Å². The summed E-state index contributed by atoms with van der Waals surface area (Å²) in [7, 11) is 1.53. The molecule has 1 aromatic rings. The highest BCUT2D eigenvalue weighted by atomic mass is 35.5. The normalized spacial score (nSPS) is 11.1. The second-order valence-corrected chi connectivity index (χ2v) is 6.76. The molecular weight excluding hydrogens is 332 g/mol. The van der Waals surface area contributed by atoms with Gasteiger partial charge in [-0.25, -0.2) is 4.79 Å². The summed E-state index contributed by atoms with van der Waals surface area (Å²) in [5, 5.41) is 3.33. The lowest BCUT2D eigenvalue weighted by atomic mass is 10.2. The van der Waals surface area contributed by atoms with E-state index in [2.05, 4.69) is 5.32 Å². The van der Waals surface area contributed by atoms with Crippen molar-refractivity contribution in [2.24, 2.45) is 0 Å². The average molecular weight is 357 g/mol. The van der Waals surface area contributed by atoms with Crippen LogP contribution in [0, 0.1) is 6.92 Å². The molecular formula is C17H25ClN2O4. The number of carbonyl (C=O) groups excluding carboxylic acids is 2. The molecule has 0 aromatic heterocycles. The van der Waals surface area contributed by atoms with E-state index in [0.29, 0.717) is 17.3 Å². The minimum absolute atomic E-state index is 0.135. The number of hydrogen-bond donors (Lipinski definition) is 1. The Labute approximate surface area is 148 Å². The van der Waals surface area contributed by atoms with Crippen molar-refractivity contribution < 1.29 is 19.1 Å². The maximum absolute atomic E-state index is 12.3. The molecule has 24 heavy (non-hydrogen) atoms. The number of hydrogen-bond acceptors (Lipinski definition) is 4. The Hall–Kier alpha value is -1.79. The molecule has 1 rings (SSSR count). The lowest BCUT2D eigenvalue weighted by Crippen LogP contribution is -2.42. The lowest BCUT2D eigenvalue weighted by molar-refractivity contribution is -0.117. The smallest absolute Gasteiger partial charge is 0.410 e. The number of rotatable bonds is 6. The van der Waals surface area contributed by atoms with Gasteiger partial charge in [-0.1, -0.05) is 17.7 Å². The average Bonchev–Trinajstić information content (AvgIpc) is 2.46. The fourth-order valence-corrected chi connectivity index (χ4v) is 2.04. The van der Waals surface area contributed by atoms with Crippen LogP contribution in [0.2, 0.25) is 5.02 Å². The van der Waals surface area contributed by atoms with Crippen LogP contribution in [-0.2, 0) is 14.3 Å². The quantitative estimate of drug-likeness (QED) is 0.847. The third-order valence-electron chi connectivity index (χ3n) is 3.09. The highest BCUT2D eigenvalue weighted by Crippen LogP contribution is 2.22. The lowest BCUT2D eigenvalue weighted by Gasteiger charge is -2.27. The zero-order valence-electron chi connectivity index (χ0n) is 14.8. The summed E-state index contributed by atoms with van der Waals surface area (Å²) in [6, 6.07) is 5.26. The van der Waals surface area contributed by atoms with Crippen molar-refractivity contribution in [2.75, 3.05) is 32.1 Å². The number of carbonyl (C=O) groups is 2. The van der Waals surface area contributed by atoms with Gasteiger partial charge in [-0.2, -0.15) is 0 Å². The van der Waals surface area contributed by atoms with Crippen LogP contribution in [0.5, 0.6) is 0 Å². The zero-order valence-corrected chi connectivity index (χ0v) is 15.6. The van der Waals surface area contributed by atoms with Crippen molar-refractivity contribution in [2.45, 2.75) is 33.3 Å². The summed E-state index contributed by atoms with van der Waals surface area (Å²) in [6.07, 6.45) is -0.558. The highest BCUT2D eigenvalue weighted by Gasteiger charge is 2.24. The summed E-state index contributed by atoms with van der Waals surface area (Å²) in [6.45, 7) is 7.56. The van der Waals surface area contributed by atoms with Gasteiger partial charge in [-0.05, 0) is 45.4 Å². The van der Waals surface area contributed by atoms with E-state index in [-0.39, 0.29) is 19.0 Å². The monoisotopic (exact) mass is 356 g/mol. The molecule has 0 saturated heterocycles. The molecule has 0 radical (unpaired) electrons. The largest absolute Gasteiger partial charge is 0.444 e. The van der Waals surface area contributed by atoms with Crippen molar-refractivity contribution in [3.63, 3.8) is 0 Å². The predicted molar refractivity (Wildman–Crippen MR) is 94.5 cm³/mol. The molecule has 0 saturated carbocycles. The Morgan fingerprint density at radius 2 is 1.96 bits per heavy atom. The summed E-state index contributed by atoms with van der Waals surface area (Å²) in [5.74, 6) is -0.331. The van der Waals surface area contributed by atoms with Crippen molar-refractivity contribution in [3.05, 3.63) is 28.8 Å². The Morgan fingerprint density at radius 3 is 2.54 bits per heavy atom. The first-order valence-electron chi connectivity index (χ1n) is 7.66. The van der Waals surface area contributed by atoms with Crippen molar-refractivity contribution in [1.82, 2.24) is 4.90 Å². The van der Waals surface area contributed by atoms with Gasteiger partial charge < -0.3 is 14.8 Å². The standard InChI is InChI=1S/C17H25ClN2O4/c1-12-13(18)7-6-8-14(12)19-15(21)11-20(9-10-23-5)16(22)24-17(2,3)4/h6-8H,9-11H2,1-5H3,(H,19,21). The fourth-order valence-electron chi connectivity index (χ4n) is 1.87. The number of benzene rings is 1. The van der Waals surface area contributed by atoms with Crippen LogP contribution < -0.4 is 5.32 Å². The minimum atomic E-state index is -0.636. The van der Waals surface area contributed by atoms with Gasteiger partial charge in [0.15, 0.2) is 0 Å². The van der Waals surface area contributed by atoms with Gasteiger partial charge in [0.1, 0.15) is 12.1 Å².